The lowest BCUT2D eigenvalue weighted by atomic mass is 9.87. The van der Waals surface area contributed by atoms with E-state index >= 15 is 0 Å². The summed E-state index contributed by atoms with van der Waals surface area (Å²) in [7, 11) is 0. The molecule has 2 aliphatic rings. The summed E-state index contributed by atoms with van der Waals surface area (Å²) < 4.78 is 0. The highest BCUT2D eigenvalue weighted by Crippen LogP contribution is 2.26. The zero-order valence-corrected chi connectivity index (χ0v) is 21.3. The highest BCUT2D eigenvalue weighted by molar-refractivity contribution is 5.13. The van der Waals surface area contributed by atoms with Crippen LogP contribution in [-0.4, -0.2) is 0 Å². The lowest BCUT2D eigenvalue weighted by Gasteiger charge is -2.18. The Morgan fingerprint density at radius 2 is 0.900 bits per heavy atom. The fraction of sp³-hybridized carbons (Fsp3) is 0.600. The van der Waals surface area contributed by atoms with E-state index in [1.54, 1.807) is 0 Å². The maximum Gasteiger partial charge on any atom is -0.0140 e. The van der Waals surface area contributed by atoms with Crippen molar-refractivity contribution in [1.29, 1.82) is 0 Å². The third-order valence-corrected chi connectivity index (χ3v) is 6.03. The van der Waals surface area contributed by atoms with Gasteiger partial charge in [-0.2, -0.15) is 0 Å². The summed E-state index contributed by atoms with van der Waals surface area (Å²) in [5.41, 5.74) is 6.68. The van der Waals surface area contributed by atoms with E-state index in [1.165, 1.54) is 48.0 Å². The maximum absolute atomic E-state index is 2.40. The second-order valence-electron chi connectivity index (χ2n) is 10.9. The van der Waals surface area contributed by atoms with Gasteiger partial charge in [0.05, 0.1) is 0 Å². The van der Waals surface area contributed by atoms with Crippen molar-refractivity contribution in [2.24, 2.45) is 10.8 Å². The molecule has 0 amide bonds. The molecule has 0 fully saturated rings. The monoisotopic (exact) mass is 408 g/mol. The molecule has 0 spiro atoms. The van der Waals surface area contributed by atoms with Gasteiger partial charge in [0.25, 0.3) is 0 Å². The van der Waals surface area contributed by atoms with Crippen molar-refractivity contribution in [2.75, 3.05) is 0 Å². The molecule has 0 aromatic carbocycles. The number of allylic oxidation sites excluding steroid dienone is 12. The summed E-state index contributed by atoms with van der Waals surface area (Å²) in [5.74, 6) is 0. The maximum atomic E-state index is 2.40. The van der Waals surface area contributed by atoms with Gasteiger partial charge >= 0.3 is 0 Å². The van der Waals surface area contributed by atoms with Crippen LogP contribution in [0.15, 0.2) is 70.9 Å². The van der Waals surface area contributed by atoms with Gasteiger partial charge < -0.3 is 0 Å². The van der Waals surface area contributed by atoms with Gasteiger partial charge in [-0.3, -0.25) is 0 Å². The van der Waals surface area contributed by atoms with E-state index in [9.17, 15) is 0 Å². The molecule has 0 saturated carbocycles. The molecule has 0 heterocycles. The third kappa shape index (κ3) is 12.9. The first-order valence-electron chi connectivity index (χ1n) is 12.0. The van der Waals surface area contributed by atoms with E-state index in [1.807, 2.05) is 0 Å². The van der Waals surface area contributed by atoms with E-state index in [4.69, 9.17) is 0 Å². The van der Waals surface area contributed by atoms with Crippen LogP contribution in [0.4, 0.5) is 0 Å². The summed E-state index contributed by atoms with van der Waals surface area (Å²) in [5, 5.41) is 0. The number of rotatable bonds is 0. The molecule has 0 unspecified atom stereocenters. The van der Waals surface area contributed by atoms with E-state index in [-0.39, 0.29) is 0 Å². The lowest BCUT2D eigenvalue weighted by Crippen LogP contribution is -2.05. The molecule has 0 aromatic heterocycles. The van der Waals surface area contributed by atoms with Crippen LogP contribution in [0.5, 0.6) is 0 Å². The standard InChI is InChI=1S/2C15H24/c2*1-13-7-5-8-14(2)10-12-15(3,4)11-6-9-13/h2*6-7,10-11H,5,8-9,12H2,1-4H3/b2*11-6+,13-7+,14-10+. The van der Waals surface area contributed by atoms with E-state index in [0.717, 1.165) is 25.7 Å². The molecule has 0 nitrogen and oxygen atoms in total. The Balaban J connectivity index is 0.000000300. The Bertz CT molecular complexity index is 636. The molecule has 168 valence electrons. The van der Waals surface area contributed by atoms with E-state index in [2.05, 4.69) is 104 Å². The Labute approximate surface area is 188 Å². The van der Waals surface area contributed by atoms with Crippen LogP contribution in [0.25, 0.3) is 0 Å². The van der Waals surface area contributed by atoms with Crippen molar-refractivity contribution >= 4 is 0 Å². The van der Waals surface area contributed by atoms with Crippen LogP contribution < -0.4 is 0 Å². The fourth-order valence-corrected chi connectivity index (χ4v) is 3.60. The molecule has 2 aliphatic carbocycles. The Morgan fingerprint density at radius 3 is 1.27 bits per heavy atom. The first kappa shape index (κ1) is 26.5. The first-order chi connectivity index (χ1) is 14.0. The minimum atomic E-state index is 0.311. The molecule has 0 aromatic rings. The molecular weight excluding hydrogens is 360 g/mol. The molecule has 0 atom stereocenters. The Kier molecular flexibility index (Phi) is 11.5. The molecule has 30 heavy (non-hydrogen) atoms. The normalized spacial score (nSPS) is 31.7. The molecular formula is C30H48. The Hall–Kier alpha value is -1.56. The average molecular weight is 409 g/mol. The van der Waals surface area contributed by atoms with Crippen molar-refractivity contribution in [3.05, 3.63) is 70.9 Å². The second-order valence-corrected chi connectivity index (χ2v) is 10.9. The van der Waals surface area contributed by atoms with Gasteiger partial charge in [0.1, 0.15) is 0 Å². The van der Waals surface area contributed by atoms with Crippen LogP contribution in [0.1, 0.15) is 107 Å². The summed E-state index contributed by atoms with van der Waals surface area (Å²) >= 11 is 0. The van der Waals surface area contributed by atoms with Gasteiger partial charge in [-0.25, -0.2) is 0 Å². The summed E-state index contributed by atoms with van der Waals surface area (Å²) in [6.45, 7) is 18.2. The van der Waals surface area contributed by atoms with Crippen LogP contribution in [0, 0.1) is 10.8 Å². The second kappa shape index (κ2) is 13.0. The zero-order chi connectivity index (χ0) is 22.6. The van der Waals surface area contributed by atoms with Gasteiger partial charge in [0.2, 0.25) is 0 Å². The van der Waals surface area contributed by atoms with Gasteiger partial charge in [0, 0.05) is 0 Å². The smallest absolute Gasteiger partial charge is 0.0140 e. The predicted molar refractivity (Wildman–Crippen MR) is 138 cm³/mol. The minimum absolute atomic E-state index is 0.311. The SMILES string of the molecule is C/C1=C\CC/C(C)=C/CC(C)(C)/C=C/C1.C/C1=C\CC/C(C)=C/CC(C)(C)/C=C/C1. The summed E-state index contributed by atoms with van der Waals surface area (Å²) in [4.78, 5) is 0. The molecule has 0 heteroatoms. The first-order valence-corrected chi connectivity index (χ1v) is 12.0. The highest BCUT2D eigenvalue weighted by Gasteiger charge is 2.12. The number of hydrogen-bond acceptors (Lipinski definition) is 0. The number of hydrogen-bond donors (Lipinski definition) is 0. The topological polar surface area (TPSA) is 0 Å². The van der Waals surface area contributed by atoms with Crippen molar-refractivity contribution in [1.82, 2.24) is 0 Å². The van der Waals surface area contributed by atoms with Crippen LogP contribution in [0.2, 0.25) is 0 Å². The predicted octanol–water partition coefficient (Wildman–Crippen LogP) is 10.1. The van der Waals surface area contributed by atoms with Gasteiger partial charge in [0.15, 0.2) is 0 Å². The molecule has 0 aliphatic heterocycles. The van der Waals surface area contributed by atoms with Crippen LogP contribution in [-0.2, 0) is 0 Å². The van der Waals surface area contributed by atoms with Crippen LogP contribution in [0.3, 0.4) is 0 Å². The van der Waals surface area contributed by atoms with E-state index < -0.39 is 0 Å². The quantitative estimate of drug-likeness (QED) is 0.350. The van der Waals surface area contributed by atoms with Gasteiger partial charge in [-0.15, -0.1) is 0 Å². The van der Waals surface area contributed by atoms with Crippen molar-refractivity contribution in [3.8, 4) is 0 Å². The van der Waals surface area contributed by atoms with Gasteiger partial charge in [-0.05, 0) is 89.9 Å². The summed E-state index contributed by atoms with van der Waals surface area (Å²) in [6, 6.07) is 0. The summed E-state index contributed by atoms with van der Waals surface area (Å²) in [6.07, 6.45) is 28.3. The largest absolute Gasteiger partial charge is 0.0850 e. The highest BCUT2D eigenvalue weighted by atomic mass is 14.2. The van der Waals surface area contributed by atoms with Gasteiger partial charge in [-0.1, -0.05) is 98.6 Å². The molecule has 0 radical (unpaired) electrons. The third-order valence-electron chi connectivity index (χ3n) is 6.03. The van der Waals surface area contributed by atoms with Crippen molar-refractivity contribution in [3.63, 3.8) is 0 Å². The lowest BCUT2D eigenvalue weighted by molar-refractivity contribution is 0.485. The van der Waals surface area contributed by atoms with Crippen molar-refractivity contribution < 1.29 is 0 Å². The molecule has 2 rings (SSSR count). The molecule has 0 bridgehead atoms. The average Bonchev–Trinajstić information content (AvgIpc) is 2.68. The van der Waals surface area contributed by atoms with Crippen molar-refractivity contribution in [2.45, 2.75) is 107 Å². The van der Waals surface area contributed by atoms with E-state index in [0.29, 0.717) is 10.8 Å². The Morgan fingerprint density at radius 1 is 0.533 bits per heavy atom. The minimum Gasteiger partial charge on any atom is -0.0850 e. The molecule has 0 saturated heterocycles. The zero-order valence-electron chi connectivity index (χ0n) is 21.3. The van der Waals surface area contributed by atoms with Crippen LogP contribution >= 0.6 is 0 Å². The molecule has 0 N–H and O–H groups in total. The fourth-order valence-electron chi connectivity index (χ4n) is 3.60.